The Balaban J connectivity index is 1.93. The molecule has 4 nitrogen and oxygen atoms in total. The summed E-state index contributed by atoms with van der Waals surface area (Å²) in [5, 5.41) is 9.75. The third kappa shape index (κ3) is 5.02. The first kappa shape index (κ1) is 15.8. The zero-order valence-corrected chi connectivity index (χ0v) is 13.5. The molecule has 0 aliphatic heterocycles. The van der Waals surface area contributed by atoms with E-state index in [9.17, 15) is 0 Å². The highest BCUT2D eigenvalue weighted by atomic mass is 32.1. The number of hydrogen-bond donors (Lipinski definition) is 2. The number of benzene rings is 1. The van der Waals surface area contributed by atoms with Crippen molar-refractivity contribution in [3.8, 4) is 5.75 Å². The number of rotatable bonds is 9. The molecule has 1 aromatic heterocycles. The van der Waals surface area contributed by atoms with E-state index in [1.54, 1.807) is 11.3 Å². The molecule has 2 rings (SSSR count). The Labute approximate surface area is 130 Å². The molecule has 0 bridgehead atoms. The van der Waals surface area contributed by atoms with Crippen LogP contribution in [0.1, 0.15) is 26.0 Å². The Morgan fingerprint density at radius 1 is 1.19 bits per heavy atom. The normalized spacial score (nSPS) is 10.6. The van der Waals surface area contributed by atoms with E-state index in [2.05, 4.69) is 27.9 Å². The van der Waals surface area contributed by atoms with Gasteiger partial charge in [-0.15, -0.1) is 11.3 Å². The van der Waals surface area contributed by atoms with E-state index in [1.807, 2.05) is 31.2 Å². The second-order valence-corrected chi connectivity index (χ2v) is 5.56. The predicted octanol–water partition coefficient (Wildman–Crippen LogP) is 3.83. The Morgan fingerprint density at radius 2 is 2.05 bits per heavy atom. The fourth-order valence-electron chi connectivity index (χ4n) is 1.96. The molecule has 2 N–H and O–H groups in total. The molecular formula is C16H23N3OS. The standard InChI is InChI=1S/C16H23N3OS/c1-3-10-17-11-9-13-12-21-16(18-13)19-14-7-5-6-8-15(14)20-4-2/h5-8,12,17H,3-4,9-11H2,1-2H3,(H,18,19). The smallest absolute Gasteiger partial charge is 0.187 e. The molecule has 5 heteroatoms. The second kappa shape index (κ2) is 8.64. The van der Waals surface area contributed by atoms with Gasteiger partial charge in [-0.1, -0.05) is 19.1 Å². The second-order valence-electron chi connectivity index (χ2n) is 4.70. The van der Waals surface area contributed by atoms with E-state index < -0.39 is 0 Å². The maximum Gasteiger partial charge on any atom is 0.187 e. The van der Waals surface area contributed by atoms with Crippen LogP contribution in [-0.2, 0) is 6.42 Å². The number of ether oxygens (including phenoxy) is 1. The van der Waals surface area contributed by atoms with E-state index in [0.717, 1.165) is 48.2 Å². The van der Waals surface area contributed by atoms with Gasteiger partial charge in [-0.3, -0.25) is 0 Å². The quantitative estimate of drug-likeness (QED) is 0.691. The fraction of sp³-hybridized carbons (Fsp3) is 0.438. The average Bonchev–Trinajstić information content (AvgIpc) is 2.94. The van der Waals surface area contributed by atoms with Crippen LogP contribution in [0.15, 0.2) is 29.6 Å². The van der Waals surface area contributed by atoms with E-state index in [-0.39, 0.29) is 0 Å². The van der Waals surface area contributed by atoms with Crippen LogP contribution < -0.4 is 15.4 Å². The summed E-state index contributed by atoms with van der Waals surface area (Å²) in [5.74, 6) is 0.862. The van der Waals surface area contributed by atoms with Crippen LogP contribution in [0.25, 0.3) is 0 Å². The van der Waals surface area contributed by atoms with Crippen LogP contribution in [-0.4, -0.2) is 24.7 Å². The Morgan fingerprint density at radius 3 is 2.86 bits per heavy atom. The van der Waals surface area contributed by atoms with Crippen molar-refractivity contribution in [1.29, 1.82) is 0 Å². The molecule has 0 aliphatic rings. The molecule has 1 aromatic carbocycles. The molecule has 0 spiro atoms. The molecule has 0 saturated heterocycles. The van der Waals surface area contributed by atoms with Gasteiger partial charge >= 0.3 is 0 Å². The Hall–Kier alpha value is -1.59. The van der Waals surface area contributed by atoms with Gasteiger partial charge in [0.25, 0.3) is 0 Å². The SMILES string of the molecule is CCCNCCc1csc(Nc2ccccc2OCC)n1. The van der Waals surface area contributed by atoms with E-state index in [1.165, 1.54) is 0 Å². The molecule has 0 atom stereocenters. The highest BCUT2D eigenvalue weighted by Gasteiger charge is 2.06. The highest BCUT2D eigenvalue weighted by molar-refractivity contribution is 7.13. The lowest BCUT2D eigenvalue weighted by molar-refractivity contribution is 0.342. The topological polar surface area (TPSA) is 46.2 Å². The van der Waals surface area contributed by atoms with Crippen molar-refractivity contribution in [2.45, 2.75) is 26.7 Å². The van der Waals surface area contributed by atoms with Crippen molar-refractivity contribution in [3.05, 3.63) is 35.3 Å². The largest absolute Gasteiger partial charge is 0.492 e. The summed E-state index contributed by atoms with van der Waals surface area (Å²) in [6, 6.07) is 7.95. The van der Waals surface area contributed by atoms with Crippen LogP contribution in [0.5, 0.6) is 5.75 Å². The number of aromatic nitrogens is 1. The lowest BCUT2D eigenvalue weighted by Gasteiger charge is -2.09. The van der Waals surface area contributed by atoms with Gasteiger partial charge < -0.3 is 15.4 Å². The van der Waals surface area contributed by atoms with Crippen molar-refractivity contribution >= 4 is 22.2 Å². The molecular weight excluding hydrogens is 282 g/mol. The van der Waals surface area contributed by atoms with Gasteiger partial charge in [0.05, 0.1) is 18.0 Å². The zero-order valence-electron chi connectivity index (χ0n) is 12.7. The van der Waals surface area contributed by atoms with Gasteiger partial charge in [0.1, 0.15) is 5.75 Å². The number of anilines is 2. The molecule has 1 heterocycles. The molecule has 114 valence electrons. The van der Waals surface area contributed by atoms with Crippen LogP contribution >= 0.6 is 11.3 Å². The van der Waals surface area contributed by atoms with Crippen molar-refractivity contribution in [2.75, 3.05) is 25.0 Å². The van der Waals surface area contributed by atoms with Gasteiger partial charge in [0.2, 0.25) is 0 Å². The van der Waals surface area contributed by atoms with E-state index in [4.69, 9.17) is 4.74 Å². The van der Waals surface area contributed by atoms with Gasteiger partial charge in [-0.05, 0) is 32.0 Å². The third-order valence-corrected chi connectivity index (χ3v) is 3.77. The maximum absolute atomic E-state index is 5.61. The average molecular weight is 305 g/mol. The first-order valence-electron chi connectivity index (χ1n) is 7.47. The molecule has 0 radical (unpaired) electrons. The van der Waals surface area contributed by atoms with Crippen molar-refractivity contribution in [3.63, 3.8) is 0 Å². The van der Waals surface area contributed by atoms with Crippen LogP contribution in [0.2, 0.25) is 0 Å². The zero-order chi connectivity index (χ0) is 14.9. The summed E-state index contributed by atoms with van der Waals surface area (Å²) in [7, 11) is 0. The third-order valence-electron chi connectivity index (χ3n) is 2.96. The molecule has 0 saturated carbocycles. The van der Waals surface area contributed by atoms with Crippen molar-refractivity contribution in [2.24, 2.45) is 0 Å². The number of nitrogens with zero attached hydrogens (tertiary/aromatic N) is 1. The van der Waals surface area contributed by atoms with Crippen LogP contribution in [0, 0.1) is 0 Å². The van der Waals surface area contributed by atoms with Crippen molar-refractivity contribution in [1.82, 2.24) is 10.3 Å². The monoisotopic (exact) mass is 305 g/mol. The summed E-state index contributed by atoms with van der Waals surface area (Å²) in [6.45, 7) is 6.86. The minimum atomic E-state index is 0.658. The summed E-state index contributed by atoms with van der Waals surface area (Å²) in [4.78, 5) is 4.62. The van der Waals surface area contributed by atoms with Crippen LogP contribution in [0.3, 0.4) is 0 Å². The summed E-state index contributed by atoms with van der Waals surface area (Å²) in [6.07, 6.45) is 2.13. The maximum atomic E-state index is 5.61. The lowest BCUT2D eigenvalue weighted by Crippen LogP contribution is -2.17. The fourth-order valence-corrected chi connectivity index (χ4v) is 2.72. The molecule has 0 amide bonds. The number of nitrogens with one attached hydrogen (secondary N) is 2. The Bertz CT molecular complexity index is 542. The van der Waals surface area contributed by atoms with Gasteiger partial charge in [0, 0.05) is 18.3 Å². The summed E-state index contributed by atoms with van der Waals surface area (Å²) >= 11 is 1.63. The van der Waals surface area contributed by atoms with Crippen molar-refractivity contribution < 1.29 is 4.74 Å². The molecule has 0 aliphatic carbocycles. The van der Waals surface area contributed by atoms with E-state index in [0.29, 0.717) is 6.61 Å². The molecule has 0 fully saturated rings. The Kier molecular flexibility index (Phi) is 6.50. The first-order chi connectivity index (χ1) is 10.3. The molecule has 0 unspecified atom stereocenters. The van der Waals surface area contributed by atoms with E-state index >= 15 is 0 Å². The summed E-state index contributed by atoms with van der Waals surface area (Å²) < 4.78 is 5.61. The van der Waals surface area contributed by atoms with Gasteiger partial charge in [-0.2, -0.15) is 0 Å². The minimum absolute atomic E-state index is 0.658. The van der Waals surface area contributed by atoms with Crippen LogP contribution in [0.4, 0.5) is 10.8 Å². The predicted molar refractivity (Wildman–Crippen MR) is 89.9 cm³/mol. The first-order valence-corrected chi connectivity index (χ1v) is 8.35. The molecule has 2 aromatic rings. The number of para-hydroxylation sites is 2. The number of hydrogen-bond acceptors (Lipinski definition) is 5. The minimum Gasteiger partial charge on any atom is -0.492 e. The lowest BCUT2D eigenvalue weighted by atomic mass is 10.3. The summed E-state index contributed by atoms with van der Waals surface area (Å²) in [5.41, 5.74) is 2.09. The van der Waals surface area contributed by atoms with Gasteiger partial charge in [0.15, 0.2) is 5.13 Å². The molecule has 21 heavy (non-hydrogen) atoms. The highest BCUT2D eigenvalue weighted by Crippen LogP contribution is 2.28. The number of thiazole rings is 1. The van der Waals surface area contributed by atoms with Gasteiger partial charge in [-0.25, -0.2) is 4.98 Å².